The van der Waals surface area contributed by atoms with E-state index >= 15 is 0 Å². The topological polar surface area (TPSA) is 120 Å². The normalized spacial score (nSPS) is 11.1. The van der Waals surface area contributed by atoms with Crippen LogP contribution in [0.2, 0.25) is 5.02 Å². The minimum atomic E-state index is -4.59. The van der Waals surface area contributed by atoms with E-state index in [1.54, 1.807) is 60.7 Å². The first kappa shape index (κ1) is 22.3. The number of methoxy groups -OCH3 is 1. The van der Waals surface area contributed by atoms with E-state index in [2.05, 4.69) is 24.2 Å². The molecular weight excluding hydrogens is 468 g/mol. The number of hydrogen-bond donors (Lipinski definition) is 2. The molecule has 0 spiro atoms. The van der Waals surface area contributed by atoms with Gasteiger partial charge in [-0.1, -0.05) is 41.9 Å². The van der Waals surface area contributed by atoms with Gasteiger partial charge in [0.1, 0.15) is 5.75 Å². The Hall–Kier alpha value is -3.89. The van der Waals surface area contributed by atoms with Crippen LogP contribution in [0.4, 0.5) is 17.3 Å². The van der Waals surface area contributed by atoms with Gasteiger partial charge in [-0.3, -0.25) is 0 Å². The van der Waals surface area contributed by atoms with Crippen LogP contribution in [-0.2, 0) is 14.5 Å². The highest BCUT2D eigenvalue weighted by molar-refractivity contribution is 7.88. The molecular formula is C22H17ClN4O5S. The number of carbonyl (C=O) groups excluding carboxylic acids is 1. The van der Waals surface area contributed by atoms with Gasteiger partial charge in [0, 0.05) is 6.07 Å². The van der Waals surface area contributed by atoms with E-state index in [1.165, 1.54) is 19.2 Å². The average molecular weight is 485 g/mol. The standard InChI is InChI=1S/C22H17ClN4O5S/c1-31-15-11-12-16(23)19(13-15)26-20-21(25-18-10-6-5-9-17(18)24-20)27-33(29,30)32-22(28)14-7-3-2-4-8-14/h2-13H,1H3,(H,24,26)(H,25,27). The van der Waals surface area contributed by atoms with Crippen LogP contribution >= 0.6 is 11.6 Å². The Labute approximate surface area is 194 Å². The Kier molecular flexibility index (Phi) is 6.29. The number of para-hydroxylation sites is 2. The summed E-state index contributed by atoms with van der Waals surface area (Å²) in [6.45, 7) is 0. The van der Waals surface area contributed by atoms with Crippen LogP contribution in [0, 0.1) is 0 Å². The first-order valence-electron chi connectivity index (χ1n) is 9.53. The molecule has 0 amide bonds. The largest absolute Gasteiger partial charge is 0.497 e. The summed E-state index contributed by atoms with van der Waals surface area (Å²) in [5.41, 5.74) is 1.41. The van der Waals surface area contributed by atoms with Crippen molar-refractivity contribution in [1.29, 1.82) is 0 Å². The fourth-order valence-corrected chi connectivity index (χ4v) is 3.76. The molecule has 4 rings (SSSR count). The maximum atomic E-state index is 12.6. The maximum absolute atomic E-state index is 12.6. The molecule has 0 bridgehead atoms. The Morgan fingerprint density at radius 1 is 0.909 bits per heavy atom. The third kappa shape index (κ3) is 5.30. The first-order valence-corrected chi connectivity index (χ1v) is 11.3. The number of anilines is 3. The van der Waals surface area contributed by atoms with Crippen molar-refractivity contribution >= 4 is 56.2 Å². The van der Waals surface area contributed by atoms with E-state index < -0.39 is 16.3 Å². The predicted molar refractivity (Wildman–Crippen MR) is 125 cm³/mol. The van der Waals surface area contributed by atoms with Gasteiger partial charge in [-0.2, -0.15) is 8.42 Å². The molecule has 0 saturated carbocycles. The van der Waals surface area contributed by atoms with Crippen molar-refractivity contribution in [2.45, 2.75) is 0 Å². The molecule has 3 aromatic carbocycles. The van der Waals surface area contributed by atoms with Crippen LogP contribution in [0.25, 0.3) is 11.0 Å². The highest BCUT2D eigenvalue weighted by atomic mass is 35.5. The van der Waals surface area contributed by atoms with E-state index in [-0.39, 0.29) is 17.2 Å². The molecule has 1 heterocycles. The van der Waals surface area contributed by atoms with Crippen molar-refractivity contribution in [2.75, 3.05) is 17.1 Å². The molecule has 1 aromatic heterocycles. The lowest BCUT2D eigenvalue weighted by atomic mass is 10.2. The summed E-state index contributed by atoms with van der Waals surface area (Å²) in [4.78, 5) is 21.0. The molecule has 0 unspecified atom stereocenters. The number of aromatic nitrogens is 2. The number of carbonyl (C=O) groups is 1. The quantitative estimate of drug-likeness (QED) is 0.392. The van der Waals surface area contributed by atoms with Gasteiger partial charge in [0.2, 0.25) is 0 Å². The van der Waals surface area contributed by atoms with Crippen molar-refractivity contribution in [1.82, 2.24) is 9.97 Å². The van der Waals surface area contributed by atoms with Gasteiger partial charge < -0.3 is 14.2 Å². The van der Waals surface area contributed by atoms with Crippen LogP contribution in [0.1, 0.15) is 10.4 Å². The minimum absolute atomic E-state index is 0.0446. The van der Waals surface area contributed by atoms with Crippen molar-refractivity contribution in [3.8, 4) is 5.75 Å². The van der Waals surface area contributed by atoms with Crippen LogP contribution in [0.15, 0.2) is 72.8 Å². The zero-order chi connectivity index (χ0) is 23.4. The van der Waals surface area contributed by atoms with Gasteiger partial charge >= 0.3 is 16.3 Å². The van der Waals surface area contributed by atoms with Crippen LogP contribution in [0.5, 0.6) is 5.75 Å². The Balaban J connectivity index is 1.69. The molecule has 0 fully saturated rings. The van der Waals surface area contributed by atoms with Gasteiger partial charge in [0.05, 0.1) is 34.4 Å². The van der Waals surface area contributed by atoms with Crippen molar-refractivity contribution in [2.24, 2.45) is 0 Å². The number of rotatable bonds is 7. The minimum Gasteiger partial charge on any atom is -0.497 e. The van der Waals surface area contributed by atoms with E-state index in [0.29, 0.717) is 27.5 Å². The van der Waals surface area contributed by atoms with E-state index in [1.807, 2.05) is 0 Å². The molecule has 2 N–H and O–H groups in total. The summed E-state index contributed by atoms with van der Waals surface area (Å²) in [5, 5.41) is 3.30. The molecule has 9 nitrogen and oxygen atoms in total. The lowest BCUT2D eigenvalue weighted by Gasteiger charge is -2.14. The summed E-state index contributed by atoms with van der Waals surface area (Å²) in [6, 6.07) is 19.5. The number of hydrogen-bond acceptors (Lipinski definition) is 8. The first-order chi connectivity index (χ1) is 15.8. The Morgan fingerprint density at radius 2 is 1.55 bits per heavy atom. The number of nitrogens with one attached hydrogen (secondary N) is 2. The molecule has 0 saturated heterocycles. The zero-order valence-corrected chi connectivity index (χ0v) is 18.7. The summed E-state index contributed by atoms with van der Waals surface area (Å²) < 4.78 is 37.3. The van der Waals surface area contributed by atoms with E-state index in [4.69, 9.17) is 16.3 Å². The molecule has 168 valence electrons. The van der Waals surface area contributed by atoms with Crippen molar-refractivity contribution in [3.63, 3.8) is 0 Å². The van der Waals surface area contributed by atoms with Crippen molar-refractivity contribution < 1.29 is 22.1 Å². The lowest BCUT2D eigenvalue weighted by molar-refractivity contribution is 0.0748. The molecule has 0 aliphatic carbocycles. The highest BCUT2D eigenvalue weighted by Gasteiger charge is 2.22. The van der Waals surface area contributed by atoms with Gasteiger partial charge in [0.15, 0.2) is 11.6 Å². The third-order valence-corrected chi connectivity index (χ3v) is 5.56. The number of ether oxygens (including phenoxy) is 1. The number of benzene rings is 3. The third-order valence-electron chi connectivity index (χ3n) is 4.41. The summed E-state index contributed by atoms with van der Waals surface area (Å²) in [7, 11) is -3.08. The zero-order valence-electron chi connectivity index (χ0n) is 17.2. The highest BCUT2D eigenvalue weighted by Crippen LogP contribution is 2.32. The number of nitrogens with zero attached hydrogens (tertiary/aromatic N) is 2. The molecule has 0 aliphatic rings. The second kappa shape index (κ2) is 9.31. The van der Waals surface area contributed by atoms with Crippen LogP contribution in [0.3, 0.4) is 0 Å². The second-order valence-electron chi connectivity index (χ2n) is 6.67. The monoisotopic (exact) mass is 484 g/mol. The second-order valence-corrected chi connectivity index (χ2v) is 8.36. The van der Waals surface area contributed by atoms with Crippen molar-refractivity contribution in [3.05, 3.63) is 83.4 Å². The number of fused-ring (bicyclic) bond motifs is 1. The molecule has 11 heteroatoms. The van der Waals surface area contributed by atoms with Crippen LogP contribution in [-0.4, -0.2) is 31.5 Å². The fourth-order valence-electron chi connectivity index (χ4n) is 2.87. The van der Waals surface area contributed by atoms with Crippen LogP contribution < -0.4 is 14.8 Å². The average Bonchev–Trinajstić information content (AvgIpc) is 2.81. The Bertz CT molecular complexity index is 1430. The summed E-state index contributed by atoms with van der Waals surface area (Å²) >= 11 is 6.27. The molecule has 0 aliphatic heterocycles. The predicted octanol–water partition coefficient (Wildman–Crippen LogP) is 4.55. The molecule has 33 heavy (non-hydrogen) atoms. The number of halogens is 1. The fraction of sp³-hybridized carbons (Fsp3) is 0.0455. The van der Waals surface area contributed by atoms with Gasteiger partial charge in [-0.05, 0) is 36.4 Å². The van der Waals surface area contributed by atoms with E-state index in [0.717, 1.165) is 0 Å². The summed E-state index contributed by atoms with van der Waals surface area (Å²) in [6.07, 6.45) is 0. The van der Waals surface area contributed by atoms with Gasteiger partial charge in [0.25, 0.3) is 0 Å². The van der Waals surface area contributed by atoms with Gasteiger partial charge in [-0.25, -0.2) is 19.5 Å². The van der Waals surface area contributed by atoms with E-state index in [9.17, 15) is 13.2 Å². The maximum Gasteiger partial charge on any atom is 0.411 e. The lowest BCUT2D eigenvalue weighted by Crippen LogP contribution is -2.22. The van der Waals surface area contributed by atoms with Gasteiger partial charge in [-0.15, -0.1) is 0 Å². The molecule has 4 aromatic rings. The summed E-state index contributed by atoms with van der Waals surface area (Å²) in [5.74, 6) is -0.659. The molecule has 0 radical (unpaired) electrons. The molecule has 0 atom stereocenters. The smallest absolute Gasteiger partial charge is 0.411 e. The Morgan fingerprint density at radius 3 is 2.21 bits per heavy atom. The SMILES string of the molecule is COc1ccc(Cl)c(Nc2nc3ccccc3nc2NS(=O)(=O)OC(=O)c2ccccc2)c1.